The predicted molar refractivity (Wildman–Crippen MR) is 66.0 cm³/mol. The van der Waals surface area contributed by atoms with Gasteiger partial charge in [0.15, 0.2) is 0 Å². The lowest BCUT2D eigenvalue weighted by Gasteiger charge is -2.08. The van der Waals surface area contributed by atoms with Crippen LogP contribution >= 0.6 is 0 Å². The van der Waals surface area contributed by atoms with Gasteiger partial charge in [0.2, 0.25) is 0 Å². The second-order valence-electron chi connectivity index (χ2n) is 3.55. The normalized spacial score (nSPS) is 11.4. The zero-order valence-electron chi connectivity index (χ0n) is 9.04. The maximum atomic E-state index is 9.76. The molecule has 0 aliphatic carbocycles. The van der Waals surface area contributed by atoms with Crippen molar-refractivity contribution in [2.24, 2.45) is 10.9 Å². The first-order valence-corrected chi connectivity index (χ1v) is 5.08. The zero-order chi connectivity index (χ0) is 12.3. The van der Waals surface area contributed by atoms with Gasteiger partial charge in [0.25, 0.3) is 0 Å². The molecule has 0 spiro atoms. The van der Waals surface area contributed by atoms with Crippen molar-refractivity contribution in [3.05, 3.63) is 59.7 Å². The van der Waals surface area contributed by atoms with Gasteiger partial charge in [-0.25, -0.2) is 0 Å². The molecule has 4 heteroatoms. The van der Waals surface area contributed by atoms with E-state index in [0.717, 1.165) is 5.56 Å². The Morgan fingerprint density at radius 3 is 2.29 bits per heavy atom. The molecule has 0 atom stereocenters. The lowest BCUT2D eigenvalue weighted by molar-refractivity contribution is 0.450. The summed E-state index contributed by atoms with van der Waals surface area (Å²) < 4.78 is 0. The molecule has 0 amide bonds. The second-order valence-corrected chi connectivity index (χ2v) is 3.55. The van der Waals surface area contributed by atoms with E-state index >= 15 is 0 Å². The van der Waals surface area contributed by atoms with Crippen LogP contribution in [0.5, 0.6) is 11.5 Å². The molecule has 4 N–H and O–H groups in total. The monoisotopic (exact) mass is 228 g/mol. The van der Waals surface area contributed by atoms with E-state index in [1.54, 1.807) is 6.07 Å². The van der Waals surface area contributed by atoms with Gasteiger partial charge in [-0.2, -0.15) is 5.10 Å². The highest BCUT2D eigenvalue weighted by Gasteiger charge is 2.11. The van der Waals surface area contributed by atoms with E-state index in [1.165, 1.54) is 12.1 Å². The third-order valence-corrected chi connectivity index (χ3v) is 2.41. The third kappa shape index (κ3) is 2.20. The van der Waals surface area contributed by atoms with E-state index in [-0.39, 0.29) is 11.5 Å². The summed E-state index contributed by atoms with van der Waals surface area (Å²) >= 11 is 0. The van der Waals surface area contributed by atoms with Crippen LogP contribution in [0.4, 0.5) is 0 Å². The van der Waals surface area contributed by atoms with Crippen molar-refractivity contribution in [2.45, 2.75) is 0 Å². The lowest BCUT2D eigenvalue weighted by atomic mass is 10.0. The van der Waals surface area contributed by atoms with Crippen LogP contribution < -0.4 is 5.84 Å². The Balaban J connectivity index is 2.51. The molecule has 0 heterocycles. The molecule has 0 aliphatic rings. The summed E-state index contributed by atoms with van der Waals surface area (Å²) in [5, 5.41) is 22.7. The van der Waals surface area contributed by atoms with Crippen LogP contribution in [-0.2, 0) is 0 Å². The standard InChI is InChI=1S/C13H12N2O2/c14-15-13(9-4-2-1-3-5-9)11-7-6-10(16)8-12(11)17/h1-8,16-17H,14H2. The number of hydrazone groups is 1. The highest BCUT2D eigenvalue weighted by Crippen LogP contribution is 2.25. The number of nitrogens with zero attached hydrogens (tertiary/aromatic N) is 1. The Labute approximate surface area is 98.6 Å². The molecule has 0 radical (unpaired) electrons. The van der Waals surface area contributed by atoms with E-state index in [9.17, 15) is 10.2 Å². The van der Waals surface area contributed by atoms with Gasteiger partial charge in [-0.15, -0.1) is 0 Å². The number of hydrogen-bond donors (Lipinski definition) is 3. The molecule has 0 unspecified atom stereocenters. The molecular weight excluding hydrogens is 216 g/mol. The number of nitrogens with two attached hydrogens (primary N) is 1. The number of rotatable bonds is 2. The van der Waals surface area contributed by atoms with Crippen molar-refractivity contribution < 1.29 is 10.2 Å². The van der Waals surface area contributed by atoms with Crippen molar-refractivity contribution in [1.29, 1.82) is 0 Å². The van der Waals surface area contributed by atoms with Crippen molar-refractivity contribution in [3.8, 4) is 11.5 Å². The fourth-order valence-electron chi connectivity index (χ4n) is 1.62. The van der Waals surface area contributed by atoms with Crippen molar-refractivity contribution in [3.63, 3.8) is 0 Å². The molecule has 0 aliphatic heterocycles. The van der Waals surface area contributed by atoms with Gasteiger partial charge in [-0.3, -0.25) is 0 Å². The Morgan fingerprint density at radius 1 is 1.00 bits per heavy atom. The molecule has 2 aromatic rings. The fourth-order valence-corrected chi connectivity index (χ4v) is 1.62. The first kappa shape index (κ1) is 11.0. The Hall–Kier alpha value is -2.49. The minimum atomic E-state index is -0.0574. The molecule has 0 bridgehead atoms. The molecule has 0 aromatic heterocycles. The molecule has 2 rings (SSSR count). The number of benzene rings is 2. The molecule has 0 saturated heterocycles. The number of hydrogen-bond acceptors (Lipinski definition) is 4. The van der Waals surface area contributed by atoms with E-state index < -0.39 is 0 Å². The summed E-state index contributed by atoms with van der Waals surface area (Å²) in [6.45, 7) is 0. The number of aromatic hydroxyl groups is 2. The SMILES string of the molecule is NN=C(c1ccccc1)c1ccc(O)cc1O. The summed E-state index contributed by atoms with van der Waals surface area (Å²) in [7, 11) is 0. The Bertz CT molecular complexity index is 551. The summed E-state index contributed by atoms with van der Waals surface area (Å²) in [6.07, 6.45) is 0. The number of phenolic OH excluding ortho intramolecular Hbond substituents is 2. The van der Waals surface area contributed by atoms with Crippen LogP contribution in [0.2, 0.25) is 0 Å². The average molecular weight is 228 g/mol. The molecule has 0 fully saturated rings. The smallest absolute Gasteiger partial charge is 0.128 e. The van der Waals surface area contributed by atoms with Gasteiger partial charge < -0.3 is 16.1 Å². The minimum Gasteiger partial charge on any atom is -0.508 e. The van der Waals surface area contributed by atoms with E-state index in [0.29, 0.717) is 11.3 Å². The minimum absolute atomic E-state index is 0.00400. The Morgan fingerprint density at radius 2 is 1.71 bits per heavy atom. The van der Waals surface area contributed by atoms with Crippen LogP contribution in [0, 0.1) is 0 Å². The van der Waals surface area contributed by atoms with E-state index in [4.69, 9.17) is 5.84 Å². The maximum Gasteiger partial charge on any atom is 0.128 e. The molecule has 0 saturated carbocycles. The van der Waals surface area contributed by atoms with Gasteiger partial charge in [0.1, 0.15) is 17.2 Å². The first-order valence-electron chi connectivity index (χ1n) is 5.08. The molecule has 17 heavy (non-hydrogen) atoms. The summed E-state index contributed by atoms with van der Waals surface area (Å²) in [6, 6.07) is 13.6. The highest BCUT2D eigenvalue weighted by atomic mass is 16.3. The van der Waals surface area contributed by atoms with Crippen molar-refractivity contribution in [1.82, 2.24) is 0 Å². The summed E-state index contributed by atoms with van der Waals surface area (Å²) in [5.41, 5.74) is 1.76. The third-order valence-electron chi connectivity index (χ3n) is 2.41. The van der Waals surface area contributed by atoms with Crippen LogP contribution in [0.1, 0.15) is 11.1 Å². The molecule has 86 valence electrons. The van der Waals surface area contributed by atoms with Gasteiger partial charge in [-0.05, 0) is 12.1 Å². The molecular formula is C13H12N2O2. The fraction of sp³-hybridized carbons (Fsp3) is 0. The highest BCUT2D eigenvalue weighted by molar-refractivity contribution is 6.14. The lowest BCUT2D eigenvalue weighted by Crippen LogP contribution is -2.06. The van der Waals surface area contributed by atoms with Crippen LogP contribution in [0.3, 0.4) is 0 Å². The zero-order valence-corrected chi connectivity index (χ0v) is 9.04. The van der Waals surface area contributed by atoms with Gasteiger partial charge in [0.05, 0.1) is 0 Å². The first-order chi connectivity index (χ1) is 8.22. The Kier molecular flexibility index (Phi) is 2.96. The molecule has 2 aromatic carbocycles. The van der Waals surface area contributed by atoms with Crippen molar-refractivity contribution >= 4 is 5.71 Å². The van der Waals surface area contributed by atoms with Gasteiger partial charge >= 0.3 is 0 Å². The average Bonchev–Trinajstić information content (AvgIpc) is 2.34. The van der Waals surface area contributed by atoms with E-state index in [1.807, 2.05) is 30.3 Å². The number of phenols is 2. The topological polar surface area (TPSA) is 78.8 Å². The van der Waals surface area contributed by atoms with Crippen LogP contribution in [0.15, 0.2) is 53.6 Å². The quantitative estimate of drug-likeness (QED) is 0.416. The van der Waals surface area contributed by atoms with Crippen molar-refractivity contribution in [2.75, 3.05) is 0 Å². The largest absolute Gasteiger partial charge is 0.508 e. The molecule has 4 nitrogen and oxygen atoms in total. The maximum absolute atomic E-state index is 9.76. The second kappa shape index (κ2) is 4.57. The predicted octanol–water partition coefficient (Wildman–Crippen LogP) is 1.81. The summed E-state index contributed by atoms with van der Waals surface area (Å²) in [4.78, 5) is 0. The van der Waals surface area contributed by atoms with Gasteiger partial charge in [-0.1, -0.05) is 30.3 Å². The van der Waals surface area contributed by atoms with Gasteiger partial charge in [0, 0.05) is 17.2 Å². The van der Waals surface area contributed by atoms with E-state index in [2.05, 4.69) is 5.10 Å². The van der Waals surface area contributed by atoms with Crippen LogP contribution in [0.25, 0.3) is 0 Å². The summed E-state index contributed by atoms with van der Waals surface area (Å²) in [5.74, 6) is 5.30. The van der Waals surface area contributed by atoms with Crippen LogP contribution in [-0.4, -0.2) is 15.9 Å².